The van der Waals surface area contributed by atoms with Gasteiger partial charge in [0.1, 0.15) is 36.0 Å². The molecule has 4 aromatic rings. The van der Waals surface area contributed by atoms with E-state index in [1.807, 2.05) is 18.0 Å². The second-order valence-corrected chi connectivity index (χ2v) is 8.05. The molecule has 174 valence electrons. The average Bonchev–Trinajstić information content (AvgIpc) is 3.51. The van der Waals surface area contributed by atoms with Gasteiger partial charge >= 0.3 is 0 Å². The molecule has 1 aromatic carbocycles. The van der Waals surface area contributed by atoms with Crippen LogP contribution >= 0.6 is 0 Å². The number of hydrogen-bond donors (Lipinski definition) is 1. The number of aliphatic hydroxyl groups is 1. The monoisotopic (exact) mass is 461 g/mol. The second kappa shape index (κ2) is 9.52. The molecular formula is C24H24FN7O2. The summed E-state index contributed by atoms with van der Waals surface area (Å²) < 4.78 is 21.1. The molecule has 0 saturated carbocycles. The third-order valence-corrected chi connectivity index (χ3v) is 5.68. The van der Waals surface area contributed by atoms with Crippen LogP contribution < -0.4 is 9.64 Å². The molecule has 3 aromatic heterocycles. The van der Waals surface area contributed by atoms with Gasteiger partial charge in [-0.25, -0.2) is 14.4 Å². The summed E-state index contributed by atoms with van der Waals surface area (Å²) in [7, 11) is 1.95. The van der Waals surface area contributed by atoms with Gasteiger partial charge in [-0.05, 0) is 43.5 Å². The number of fused-ring (bicyclic) bond motifs is 1. The second-order valence-electron chi connectivity index (χ2n) is 8.05. The summed E-state index contributed by atoms with van der Waals surface area (Å²) in [5, 5.41) is 17.3. The van der Waals surface area contributed by atoms with Crippen LogP contribution in [0, 0.1) is 5.82 Å². The fourth-order valence-electron chi connectivity index (χ4n) is 4.13. The Bertz CT molecular complexity index is 1310. The van der Waals surface area contributed by atoms with Gasteiger partial charge in [0.15, 0.2) is 11.6 Å². The molecule has 0 bridgehead atoms. The van der Waals surface area contributed by atoms with Gasteiger partial charge < -0.3 is 14.7 Å². The van der Waals surface area contributed by atoms with Gasteiger partial charge in [0.25, 0.3) is 0 Å². The molecule has 1 aliphatic rings. The minimum Gasteiger partial charge on any atom is -0.491 e. The quantitative estimate of drug-likeness (QED) is 0.427. The predicted octanol–water partition coefficient (Wildman–Crippen LogP) is 2.75. The van der Waals surface area contributed by atoms with Crippen molar-refractivity contribution in [3.63, 3.8) is 0 Å². The van der Waals surface area contributed by atoms with Crippen molar-refractivity contribution in [2.45, 2.75) is 25.8 Å². The van der Waals surface area contributed by atoms with E-state index >= 15 is 0 Å². The Kier molecular flexibility index (Phi) is 6.13. The molecule has 0 amide bonds. The summed E-state index contributed by atoms with van der Waals surface area (Å²) in [6.45, 7) is 0.559. The highest BCUT2D eigenvalue weighted by atomic mass is 19.1. The van der Waals surface area contributed by atoms with E-state index in [9.17, 15) is 4.39 Å². The highest BCUT2D eigenvalue weighted by molar-refractivity contribution is 5.59. The average molecular weight is 462 g/mol. The number of anilines is 1. The highest BCUT2D eigenvalue weighted by Crippen LogP contribution is 2.32. The molecule has 9 nitrogen and oxygen atoms in total. The van der Waals surface area contributed by atoms with Crippen molar-refractivity contribution in [2.75, 3.05) is 25.2 Å². The lowest BCUT2D eigenvalue weighted by Gasteiger charge is -2.21. The van der Waals surface area contributed by atoms with Crippen molar-refractivity contribution in [2.24, 2.45) is 0 Å². The van der Waals surface area contributed by atoms with Crippen molar-refractivity contribution in [1.82, 2.24) is 29.7 Å². The minimum atomic E-state index is -0.318. The van der Waals surface area contributed by atoms with Crippen molar-refractivity contribution in [1.29, 1.82) is 0 Å². The summed E-state index contributed by atoms with van der Waals surface area (Å²) in [5.74, 6) is 2.28. The number of halogens is 1. The van der Waals surface area contributed by atoms with E-state index in [-0.39, 0.29) is 19.0 Å². The Balaban J connectivity index is 1.47. The van der Waals surface area contributed by atoms with Crippen LogP contribution in [0.2, 0.25) is 0 Å². The number of pyridine rings is 1. The van der Waals surface area contributed by atoms with Crippen LogP contribution in [-0.4, -0.2) is 55.1 Å². The van der Waals surface area contributed by atoms with Gasteiger partial charge in [0.05, 0.1) is 18.8 Å². The molecule has 34 heavy (non-hydrogen) atoms. The molecule has 3 heterocycles. The number of aryl methyl sites for hydroxylation is 1. The van der Waals surface area contributed by atoms with E-state index in [1.165, 1.54) is 12.1 Å². The van der Waals surface area contributed by atoms with Gasteiger partial charge in [-0.2, -0.15) is 0 Å². The zero-order valence-corrected chi connectivity index (χ0v) is 18.7. The molecule has 0 fully saturated rings. The number of aromatic nitrogens is 6. The zero-order chi connectivity index (χ0) is 23.5. The van der Waals surface area contributed by atoms with Gasteiger partial charge in [-0.15, -0.1) is 10.2 Å². The van der Waals surface area contributed by atoms with Crippen LogP contribution in [0.25, 0.3) is 17.2 Å². The van der Waals surface area contributed by atoms with Gasteiger partial charge in [0.2, 0.25) is 0 Å². The molecule has 1 N–H and O–H groups in total. The first-order valence-corrected chi connectivity index (χ1v) is 11.1. The van der Waals surface area contributed by atoms with Crippen molar-refractivity contribution < 1.29 is 14.2 Å². The summed E-state index contributed by atoms with van der Waals surface area (Å²) in [6, 6.07) is 9.84. The summed E-state index contributed by atoms with van der Waals surface area (Å²) >= 11 is 0. The fraction of sp³-hybridized carbons (Fsp3) is 0.292. The highest BCUT2D eigenvalue weighted by Gasteiger charge is 2.23. The molecule has 0 saturated heterocycles. The lowest BCUT2D eigenvalue weighted by atomic mass is 10.2. The summed E-state index contributed by atoms with van der Waals surface area (Å²) in [6.07, 6.45) is 6.02. The first-order valence-electron chi connectivity index (χ1n) is 11.1. The first kappa shape index (κ1) is 21.9. The van der Waals surface area contributed by atoms with Crippen LogP contribution in [0.1, 0.15) is 23.5 Å². The van der Waals surface area contributed by atoms with Gasteiger partial charge in [0, 0.05) is 30.6 Å². The molecule has 0 spiro atoms. The normalized spacial score (nSPS) is 12.6. The molecule has 0 atom stereocenters. The number of hydrogen-bond acceptors (Lipinski definition) is 8. The van der Waals surface area contributed by atoms with Crippen molar-refractivity contribution in [3.8, 4) is 23.0 Å². The molecule has 5 rings (SSSR count). The topological polar surface area (TPSA) is 102 Å². The number of benzene rings is 1. The van der Waals surface area contributed by atoms with Gasteiger partial charge in [-0.1, -0.05) is 6.07 Å². The molecule has 1 aliphatic carbocycles. The van der Waals surface area contributed by atoms with Gasteiger partial charge in [-0.3, -0.25) is 9.55 Å². The largest absolute Gasteiger partial charge is 0.491 e. The van der Waals surface area contributed by atoms with E-state index < -0.39 is 0 Å². The Morgan fingerprint density at radius 3 is 2.94 bits per heavy atom. The third-order valence-electron chi connectivity index (χ3n) is 5.68. The summed E-state index contributed by atoms with van der Waals surface area (Å²) in [5.41, 5.74) is 3.39. The number of aliphatic hydroxyl groups excluding tert-OH is 1. The maximum Gasteiger partial charge on any atom is 0.180 e. The Morgan fingerprint density at radius 1 is 1.18 bits per heavy atom. The van der Waals surface area contributed by atoms with E-state index in [0.717, 1.165) is 36.3 Å². The first-order chi connectivity index (χ1) is 16.6. The van der Waals surface area contributed by atoms with Crippen molar-refractivity contribution in [3.05, 3.63) is 71.8 Å². The zero-order valence-electron chi connectivity index (χ0n) is 18.7. The maximum atomic E-state index is 13.8. The Hall–Kier alpha value is -3.92. The number of ether oxygens (including phenoxy) is 1. The lowest BCUT2D eigenvalue weighted by Crippen LogP contribution is -2.22. The summed E-state index contributed by atoms with van der Waals surface area (Å²) in [4.78, 5) is 16.1. The maximum absolute atomic E-state index is 13.8. The van der Waals surface area contributed by atoms with E-state index in [2.05, 4.69) is 15.2 Å². The standard InChI is InChI=1S/C24H24FN7O2/c1-31(14-22-30-27-15-32(22)17-5-2-4-16(25)12-17)24-19-6-3-7-20(19)28-23(29-24)21-13-18(8-9-26-21)34-11-10-33/h2,4-5,8-9,12-13,15,33H,3,6-7,10-11,14H2,1H3. The van der Waals surface area contributed by atoms with Crippen LogP contribution in [0.15, 0.2) is 48.9 Å². The number of rotatable bonds is 8. The Morgan fingerprint density at radius 2 is 2.09 bits per heavy atom. The molecule has 10 heteroatoms. The minimum absolute atomic E-state index is 0.0673. The predicted molar refractivity (Wildman–Crippen MR) is 123 cm³/mol. The van der Waals surface area contributed by atoms with E-state index in [1.54, 1.807) is 35.3 Å². The SMILES string of the molecule is CN(Cc1nncn1-c1cccc(F)c1)c1nc(-c2cc(OCCO)ccn2)nc2c1CCC2. The fourth-order valence-corrected chi connectivity index (χ4v) is 4.13. The van der Waals surface area contributed by atoms with E-state index in [0.29, 0.717) is 35.3 Å². The number of nitrogens with zero attached hydrogens (tertiary/aromatic N) is 7. The van der Waals surface area contributed by atoms with Crippen molar-refractivity contribution >= 4 is 5.82 Å². The Labute approximate surface area is 195 Å². The lowest BCUT2D eigenvalue weighted by molar-refractivity contribution is 0.201. The molecule has 0 unspecified atom stereocenters. The smallest absolute Gasteiger partial charge is 0.180 e. The molecular weight excluding hydrogens is 437 g/mol. The van der Waals surface area contributed by atoms with Crippen LogP contribution in [0.3, 0.4) is 0 Å². The molecule has 0 radical (unpaired) electrons. The van der Waals surface area contributed by atoms with Crippen LogP contribution in [-0.2, 0) is 19.4 Å². The van der Waals surface area contributed by atoms with E-state index in [4.69, 9.17) is 19.8 Å². The van der Waals surface area contributed by atoms with Crippen LogP contribution in [0.5, 0.6) is 5.75 Å². The molecule has 0 aliphatic heterocycles. The third kappa shape index (κ3) is 4.44. The van der Waals surface area contributed by atoms with Crippen LogP contribution in [0.4, 0.5) is 10.2 Å².